The molecule has 19 heavy (non-hydrogen) atoms. The number of hydrogen-bond donors (Lipinski definition) is 2. The maximum Gasteiger partial charge on any atom is 0.426 e. The van der Waals surface area contributed by atoms with Gasteiger partial charge in [0, 0.05) is 6.42 Å². The van der Waals surface area contributed by atoms with Gasteiger partial charge in [0.1, 0.15) is 0 Å². The molecule has 0 aromatic heterocycles. The first kappa shape index (κ1) is 14.9. The Bertz CT molecular complexity index is 345. The van der Waals surface area contributed by atoms with E-state index in [9.17, 15) is 36.6 Å². The largest absolute Gasteiger partial charge is 0.426 e. The minimum Gasteiger partial charge on any atom is -0.393 e. The molecular formula is C11H14F6O2. The molecule has 0 aromatic carbocycles. The van der Waals surface area contributed by atoms with Crippen LogP contribution in [0.5, 0.6) is 0 Å². The Kier molecular flexibility index (Phi) is 3.14. The first-order chi connectivity index (χ1) is 8.40. The third kappa shape index (κ3) is 2.22. The van der Waals surface area contributed by atoms with Gasteiger partial charge in [-0.25, -0.2) is 0 Å². The Morgan fingerprint density at radius 1 is 1.00 bits per heavy atom. The molecule has 0 aromatic rings. The molecule has 2 N–H and O–H groups in total. The summed E-state index contributed by atoms with van der Waals surface area (Å²) in [6.07, 6.45) is -13.2. The van der Waals surface area contributed by atoms with Gasteiger partial charge in [0.25, 0.3) is 5.60 Å². The highest BCUT2D eigenvalue weighted by atomic mass is 19.4. The van der Waals surface area contributed by atoms with Gasteiger partial charge >= 0.3 is 12.4 Å². The quantitative estimate of drug-likeness (QED) is 0.768. The lowest BCUT2D eigenvalue weighted by atomic mass is 9.74. The number of fused-ring (bicyclic) bond motifs is 2. The molecule has 0 amide bonds. The van der Waals surface area contributed by atoms with Crippen molar-refractivity contribution in [3.63, 3.8) is 0 Å². The fourth-order valence-electron chi connectivity index (χ4n) is 3.51. The van der Waals surface area contributed by atoms with Crippen LogP contribution in [-0.2, 0) is 0 Å². The van der Waals surface area contributed by atoms with Crippen molar-refractivity contribution in [1.29, 1.82) is 0 Å². The predicted molar refractivity (Wildman–Crippen MR) is 52.1 cm³/mol. The lowest BCUT2D eigenvalue weighted by molar-refractivity contribution is -0.376. The Morgan fingerprint density at radius 3 is 1.84 bits per heavy atom. The van der Waals surface area contributed by atoms with Crippen molar-refractivity contribution in [1.82, 2.24) is 0 Å². The Hall–Kier alpha value is -0.500. The first-order valence-corrected chi connectivity index (χ1v) is 5.94. The van der Waals surface area contributed by atoms with Crippen molar-refractivity contribution in [3.05, 3.63) is 0 Å². The standard InChI is InChI=1S/C11H14F6O2/c12-10(13,14)9(19,11(15,16)17)5-8-2-1-6(3-8)7(18)4-8/h6-7,18-19H,1-5H2. The number of aliphatic hydroxyl groups excluding tert-OH is 1. The highest BCUT2D eigenvalue weighted by Gasteiger charge is 2.73. The molecule has 0 radical (unpaired) electrons. The molecule has 0 spiro atoms. The van der Waals surface area contributed by atoms with Crippen LogP contribution in [0, 0.1) is 11.3 Å². The van der Waals surface area contributed by atoms with Crippen molar-refractivity contribution < 1.29 is 36.6 Å². The highest BCUT2D eigenvalue weighted by molar-refractivity contribution is 5.07. The van der Waals surface area contributed by atoms with Crippen LogP contribution in [0.4, 0.5) is 26.3 Å². The molecule has 8 heteroatoms. The third-order valence-corrected chi connectivity index (χ3v) is 4.50. The number of hydrogen-bond acceptors (Lipinski definition) is 2. The van der Waals surface area contributed by atoms with Crippen LogP contribution in [0.3, 0.4) is 0 Å². The van der Waals surface area contributed by atoms with Gasteiger partial charge in [-0.05, 0) is 37.0 Å². The minimum absolute atomic E-state index is 0.105. The van der Waals surface area contributed by atoms with Crippen molar-refractivity contribution >= 4 is 0 Å². The summed E-state index contributed by atoms with van der Waals surface area (Å²) in [4.78, 5) is 0. The molecule has 3 unspecified atom stereocenters. The molecule has 0 aliphatic heterocycles. The van der Waals surface area contributed by atoms with Gasteiger partial charge in [-0.2, -0.15) is 26.3 Å². The topological polar surface area (TPSA) is 40.5 Å². The van der Waals surface area contributed by atoms with Gasteiger partial charge in [0.2, 0.25) is 0 Å². The van der Waals surface area contributed by atoms with E-state index >= 15 is 0 Å². The van der Waals surface area contributed by atoms with E-state index in [4.69, 9.17) is 0 Å². The van der Waals surface area contributed by atoms with Gasteiger partial charge in [0.05, 0.1) is 6.10 Å². The Balaban J connectivity index is 2.28. The summed E-state index contributed by atoms with van der Waals surface area (Å²) < 4.78 is 75.8. The third-order valence-electron chi connectivity index (χ3n) is 4.50. The average molecular weight is 292 g/mol. The van der Waals surface area contributed by atoms with Crippen LogP contribution in [0.1, 0.15) is 32.1 Å². The van der Waals surface area contributed by atoms with Gasteiger partial charge in [-0.1, -0.05) is 0 Å². The lowest BCUT2D eigenvalue weighted by Gasteiger charge is -2.39. The lowest BCUT2D eigenvalue weighted by Crippen LogP contribution is -2.59. The second-order valence-electron chi connectivity index (χ2n) is 5.81. The van der Waals surface area contributed by atoms with Crippen molar-refractivity contribution in [3.8, 4) is 0 Å². The molecule has 2 bridgehead atoms. The smallest absolute Gasteiger partial charge is 0.393 e. The van der Waals surface area contributed by atoms with Crippen LogP contribution >= 0.6 is 0 Å². The molecule has 2 rings (SSSR count). The molecule has 0 heterocycles. The zero-order valence-corrected chi connectivity index (χ0v) is 9.85. The molecule has 0 saturated heterocycles. The summed E-state index contributed by atoms with van der Waals surface area (Å²) in [5.74, 6) is -0.245. The van der Waals surface area contributed by atoms with Crippen LogP contribution in [0.25, 0.3) is 0 Å². The SMILES string of the molecule is OC1CC2(CC(O)(C(F)(F)F)C(F)(F)F)CCC1C2. The number of alkyl halides is 6. The maximum absolute atomic E-state index is 12.6. The normalized spacial score (nSPS) is 36.0. The summed E-state index contributed by atoms with van der Waals surface area (Å²) >= 11 is 0. The monoisotopic (exact) mass is 292 g/mol. The van der Waals surface area contributed by atoms with Crippen molar-refractivity contribution in [2.24, 2.45) is 11.3 Å². The molecule has 2 aliphatic rings. The van der Waals surface area contributed by atoms with E-state index in [0.29, 0.717) is 6.42 Å². The molecule has 2 nitrogen and oxygen atoms in total. The van der Waals surface area contributed by atoms with Gasteiger partial charge < -0.3 is 10.2 Å². The molecule has 2 aliphatic carbocycles. The van der Waals surface area contributed by atoms with E-state index in [1.807, 2.05) is 0 Å². The number of aliphatic hydroxyl groups is 2. The minimum atomic E-state index is -5.77. The van der Waals surface area contributed by atoms with E-state index in [-0.39, 0.29) is 25.2 Å². The van der Waals surface area contributed by atoms with E-state index in [1.165, 1.54) is 0 Å². The van der Waals surface area contributed by atoms with E-state index < -0.39 is 35.9 Å². The summed E-state index contributed by atoms with van der Waals surface area (Å²) in [5.41, 5.74) is -5.96. The van der Waals surface area contributed by atoms with Crippen LogP contribution in [-0.4, -0.2) is 34.3 Å². The zero-order valence-electron chi connectivity index (χ0n) is 9.85. The fourth-order valence-corrected chi connectivity index (χ4v) is 3.51. The van der Waals surface area contributed by atoms with Gasteiger partial charge in [0.15, 0.2) is 0 Å². The van der Waals surface area contributed by atoms with E-state index in [2.05, 4.69) is 0 Å². The summed E-state index contributed by atoms with van der Waals surface area (Å²) in [6.45, 7) is 0. The van der Waals surface area contributed by atoms with E-state index in [0.717, 1.165) is 0 Å². The second kappa shape index (κ2) is 4.00. The predicted octanol–water partition coefficient (Wildman–Crippen LogP) is 2.78. The fraction of sp³-hybridized carbons (Fsp3) is 1.00. The van der Waals surface area contributed by atoms with Crippen LogP contribution in [0.2, 0.25) is 0 Å². The van der Waals surface area contributed by atoms with Gasteiger partial charge in [-0.15, -0.1) is 0 Å². The second-order valence-corrected chi connectivity index (χ2v) is 5.81. The summed E-state index contributed by atoms with van der Waals surface area (Å²) in [7, 11) is 0. The zero-order chi connectivity index (χ0) is 14.7. The maximum atomic E-state index is 12.6. The van der Waals surface area contributed by atoms with Crippen molar-refractivity contribution in [2.75, 3.05) is 0 Å². The summed E-state index contributed by atoms with van der Waals surface area (Å²) in [6, 6.07) is 0. The number of rotatable bonds is 2. The van der Waals surface area contributed by atoms with Gasteiger partial charge in [-0.3, -0.25) is 0 Å². The highest BCUT2D eigenvalue weighted by Crippen LogP contribution is 2.61. The van der Waals surface area contributed by atoms with E-state index in [1.54, 1.807) is 0 Å². The molecule has 112 valence electrons. The molecular weight excluding hydrogens is 278 g/mol. The van der Waals surface area contributed by atoms with Crippen LogP contribution in [0.15, 0.2) is 0 Å². The summed E-state index contributed by atoms with van der Waals surface area (Å²) in [5, 5.41) is 18.8. The molecule has 2 fully saturated rings. The molecule has 2 saturated carbocycles. The first-order valence-electron chi connectivity index (χ1n) is 5.94. The Morgan fingerprint density at radius 2 is 1.53 bits per heavy atom. The molecule has 3 atom stereocenters. The van der Waals surface area contributed by atoms with Crippen LogP contribution < -0.4 is 0 Å². The average Bonchev–Trinajstić information content (AvgIpc) is 2.70. The Labute approximate surface area is 105 Å². The number of halogens is 6. The van der Waals surface area contributed by atoms with Crippen molar-refractivity contribution in [2.45, 2.75) is 56.2 Å².